The van der Waals surface area contributed by atoms with Crippen LogP contribution in [0.4, 0.5) is 8.78 Å². The van der Waals surface area contributed by atoms with Crippen molar-refractivity contribution < 1.29 is 23.4 Å². The number of nitrogens with one attached hydrogen (secondary N) is 1. The molecule has 4 aromatic rings. The van der Waals surface area contributed by atoms with Crippen LogP contribution >= 0.6 is 11.6 Å². The van der Waals surface area contributed by atoms with E-state index in [1.165, 1.54) is 23.0 Å². The number of aryl methyl sites for hydroxylation is 1. The standard InChI is InChI=1S/C26H25ClF2N4O3/c1-14(12-34)26(35)32-16(3)20-8-17(28)9-22(27)21(20)13-36-24-6-4-5-19-23(7-15(2)31-25(19)24)33-11-18(29)10-30-33/h4-11,14,16,34H,12-13H2,1-3H3,(H,32,35). The zero-order valence-corrected chi connectivity index (χ0v) is 20.7. The van der Waals surface area contributed by atoms with Crippen LogP contribution in [0.25, 0.3) is 16.6 Å². The van der Waals surface area contributed by atoms with Crippen molar-refractivity contribution in [2.75, 3.05) is 6.61 Å². The first-order valence-corrected chi connectivity index (χ1v) is 11.7. The molecule has 10 heteroatoms. The van der Waals surface area contributed by atoms with Gasteiger partial charge in [-0.1, -0.05) is 30.7 Å². The molecule has 1 amide bonds. The minimum absolute atomic E-state index is 0.0231. The fourth-order valence-corrected chi connectivity index (χ4v) is 4.16. The number of ether oxygens (including phenoxy) is 1. The van der Waals surface area contributed by atoms with Gasteiger partial charge in [-0.15, -0.1) is 0 Å². The second-order valence-corrected chi connectivity index (χ2v) is 9.00. The molecule has 2 aromatic carbocycles. The molecule has 0 aliphatic heterocycles. The van der Waals surface area contributed by atoms with Crippen molar-refractivity contribution in [1.29, 1.82) is 0 Å². The molecule has 0 aliphatic rings. The van der Waals surface area contributed by atoms with Crippen molar-refractivity contribution in [3.8, 4) is 11.4 Å². The highest BCUT2D eigenvalue weighted by Crippen LogP contribution is 2.32. The minimum atomic E-state index is -0.612. The van der Waals surface area contributed by atoms with E-state index in [2.05, 4.69) is 15.4 Å². The molecule has 0 spiro atoms. The molecule has 4 rings (SSSR count). The molecule has 0 aliphatic carbocycles. The van der Waals surface area contributed by atoms with Crippen molar-refractivity contribution in [3.63, 3.8) is 0 Å². The number of amides is 1. The number of nitrogens with zero attached hydrogens (tertiary/aromatic N) is 3. The summed E-state index contributed by atoms with van der Waals surface area (Å²) in [5.41, 5.74) is 2.82. The van der Waals surface area contributed by atoms with Gasteiger partial charge in [-0.25, -0.2) is 18.4 Å². The van der Waals surface area contributed by atoms with E-state index in [0.29, 0.717) is 39.2 Å². The van der Waals surface area contributed by atoms with Gasteiger partial charge in [0.1, 0.15) is 23.7 Å². The molecule has 0 saturated carbocycles. The molecule has 2 aromatic heterocycles. The third-order valence-corrected chi connectivity index (χ3v) is 6.16. The van der Waals surface area contributed by atoms with E-state index >= 15 is 0 Å². The molecule has 2 unspecified atom stereocenters. The van der Waals surface area contributed by atoms with Gasteiger partial charge in [0.05, 0.1) is 41.7 Å². The zero-order valence-electron chi connectivity index (χ0n) is 19.9. The highest BCUT2D eigenvalue weighted by atomic mass is 35.5. The van der Waals surface area contributed by atoms with E-state index in [9.17, 15) is 18.7 Å². The quantitative estimate of drug-likeness (QED) is 0.344. The van der Waals surface area contributed by atoms with E-state index in [0.717, 1.165) is 6.20 Å². The molecule has 2 heterocycles. The Morgan fingerprint density at radius 1 is 1.22 bits per heavy atom. The number of aliphatic hydroxyl groups is 1. The number of carbonyl (C=O) groups excluding carboxylic acids is 1. The SMILES string of the molecule is Cc1cc(-n2cc(F)cn2)c2cccc(OCc3c(Cl)cc(F)cc3C(C)NC(=O)C(C)CO)c2n1. The lowest BCUT2D eigenvalue weighted by Gasteiger charge is -2.21. The zero-order chi connectivity index (χ0) is 26.0. The molecular formula is C26H25ClF2N4O3. The Labute approximate surface area is 211 Å². The summed E-state index contributed by atoms with van der Waals surface area (Å²) < 4.78 is 35.4. The van der Waals surface area contributed by atoms with Crippen LogP contribution in [-0.4, -0.2) is 32.4 Å². The molecule has 2 N–H and O–H groups in total. The van der Waals surface area contributed by atoms with Gasteiger partial charge in [0.2, 0.25) is 5.91 Å². The highest BCUT2D eigenvalue weighted by Gasteiger charge is 2.21. The number of para-hydroxylation sites is 1. The second kappa shape index (κ2) is 10.6. The molecule has 0 bridgehead atoms. The monoisotopic (exact) mass is 514 g/mol. The molecule has 188 valence electrons. The van der Waals surface area contributed by atoms with E-state index < -0.39 is 23.6 Å². The predicted molar refractivity (Wildman–Crippen MR) is 132 cm³/mol. The predicted octanol–water partition coefficient (Wildman–Crippen LogP) is 5.05. The Balaban J connectivity index is 1.68. The van der Waals surface area contributed by atoms with Gasteiger partial charge in [-0.05, 0) is 43.7 Å². The van der Waals surface area contributed by atoms with Crippen molar-refractivity contribution in [2.45, 2.75) is 33.4 Å². The molecule has 7 nitrogen and oxygen atoms in total. The van der Waals surface area contributed by atoms with Crippen LogP contribution < -0.4 is 10.1 Å². The number of pyridine rings is 1. The van der Waals surface area contributed by atoms with Gasteiger partial charge in [-0.2, -0.15) is 5.10 Å². The van der Waals surface area contributed by atoms with Crippen molar-refractivity contribution in [3.05, 3.63) is 82.3 Å². The van der Waals surface area contributed by atoms with Crippen molar-refractivity contribution >= 4 is 28.4 Å². The van der Waals surface area contributed by atoms with Crippen LogP contribution in [0.3, 0.4) is 0 Å². The van der Waals surface area contributed by atoms with Crippen LogP contribution in [0.15, 0.2) is 48.8 Å². The largest absolute Gasteiger partial charge is 0.487 e. The van der Waals surface area contributed by atoms with Crippen LogP contribution in [0, 0.1) is 24.5 Å². The van der Waals surface area contributed by atoms with Crippen LogP contribution in [-0.2, 0) is 11.4 Å². The van der Waals surface area contributed by atoms with Gasteiger partial charge in [0.15, 0.2) is 5.82 Å². The number of halogens is 3. The lowest BCUT2D eigenvalue weighted by molar-refractivity contribution is -0.126. The van der Waals surface area contributed by atoms with Gasteiger partial charge in [-0.3, -0.25) is 4.79 Å². The number of aromatic nitrogens is 3. The Bertz CT molecular complexity index is 1430. The number of carbonyl (C=O) groups is 1. The summed E-state index contributed by atoms with van der Waals surface area (Å²) in [5, 5.41) is 16.9. The maximum absolute atomic E-state index is 14.2. The van der Waals surface area contributed by atoms with E-state index in [4.69, 9.17) is 16.3 Å². The summed E-state index contributed by atoms with van der Waals surface area (Å²) in [7, 11) is 0. The Morgan fingerprint density at radius 2 is 2.00 bits per heavy atom. The lowest BCUT2D eigenvalue weighted by atomic mass is 10.0. The Hall–Kier alpha value is -3.56. The number of rotatable bonds is 8. The van der Waals surface area contributed by atoms with E-state index in [1.807, 2.05) is 13.0 Å². The third kappa shape index (κ3) is 5.32. The Morgan fingerprint density at radius 3 is 2.69 bits per heavy atom. The van der Waals surface area contributed by atoms with Gasteiger partial charge in [0.25, 0.3) is 0 Å². The van der Waals surface area contributed by atoms with Crippen LogP contribution in [0.5, 0.6) is 5.75 Å². The normalized spacial score (nSPS) is 13.0. The Kier molecular flexibility index (Phi) is 7.51. The molecule has 0 saturated heterocycles. The average Bonchev–Trinajstić information content (AvgIpc) is 3.28. The average molecular weight is 515 g/mol. The molecule has 36 heavy (non-hydrogen) atoms. The number of hydrogen-bond acceptors (Lipinski definition) is 5. The van der Waals surface area contributed by atoms with Crippen LogP contribution in [0.1, 0.15) is 36.7 Å². The van der Waals surface area contributed by atoms with Gasteiger partial charge < -0.3 is 15.2 Å². The summed E-state index contributed by atoms with van der Waals surface area (Å²) in [5.74, 6) is -1.54. The summed E-state index contributed by atoms with van der Waals surface area (Å²) in [6, 6.07) is 9.05. The van der Waals surface area contributed by atoms with E-state index in [-0.39, 0.29) is 24.1 Å². The molecule has 0 fully saturated rings. The summed E-state index contributed by atoms with van der Waals surface area (Å²) in [6.45, 7) is 4.77. The van der Waals surface area contributed by atoms with Gasteiger partial charge in [0, 0.05) is 16.6 Å². The topological polar surface area (TPSA) is 89.3 Å². The number of hydrogen-bond donors (Lipinski definition) is 2. The maximum Gasteiger partial charge on any atom is 0.225 e. The lowest BCUT2D eigenvalue weighted by Crippen LogP contribution is -2.33. The smallest absolute Gasteiger partial charge is 0.225 e. The first kappa shape index (κ1) is 25.5. The molecular weight excluding hydrogens is 490 g/mol. The fourth-order valence-electron chi connectivity index (χ4n) is 3.90. The minimum Gasteiger partial charge on any atom is -0.487 e. The fraction of sp³-hybridized carbons (Fsp3) is 0.269. The van der Waals surface area contributed by atoms with Crippen molar-refractivity contribution in [1.82, 2.24) is 20.1 Å². The maximum atomic E-state index is 14.2. The van der Waals surface area contributed by atoms with Gasteiger partial charge >= 0.3 is 0 Å². The summed E-state index contributed by atoms with van der Waals surface area (Å²) >= 11 is 6.39. The molecule has 2 atom stereocenters. The van der Waals surface area contributed by atoms with E-state index in [1.54, 1.807) is 32.0 Å². The number of fused-ring (bicyclic) bond motifs is 1. The number of benzene rings is 2. The molecule has 0 radical (unpaired) electrons. The summed E-state index contributed by atoms with van der Waals surface area (Å²) in [4.78, 5) is 16.9. The first-order valence-electron chi connectivity index (χ1n) is 11.3. The van der Waals surface area contributed by atoms with Crippen molar-refractivity contribution in [2.24, 2.45) is 5.92 Å². The van der Waals surface area contributed by atoms with Crippen LogP contribution in [0.2, 0.25) is 5.02 Å². The highest BCUT2D eigenvalue weighted by molar-refractivity contribution is 6.31. The second-order valence-electron chi connectivity index (χ2n) is 8.60. The third-order valence-electron chi connectivity index (χ3n) is 5.82. The summed E-state index contributed by atoms with van der Waals surface area (Å²) in [6.07, 6.45) is 2.40. The first-order chi connectivity index (χ1) is 17.2. The number of aliphatic hydroxyl groups excluding tert-OH is 1.